The fourth-order valence-corrected chi connectivity index (χ4v) is 3.57. The zero-order valence-corrected chi connectivity index (χ0v) is 16.5. The molecule has 0 saturated carbocycles. The fourth-order valence-electron chi connectivity index (χ4n) is 1.93. The molecule has 1 unspecified atom stereocenters. The highest BCUT2D eigenvalue weighted by atomic mass is 35.5. The smallest absolute Gasteiger partial charge is 0.242 e. The Bertz CT molecular complexity index is 554. The van der Waals surface area contributed by atoms with Gasteiger partial charge in [-0.1, -0.05) is 29.3 Å². The van der Waals surface area contributed by atoms with Crippen molar-refractivity contribution in [3.63, 3.8) is 0 Å². The van der Waals surface area contributed by atoms with E-state index in [-0.39, 0.29) is 6.10 Å². The number of allylic oxidation sites excluding steroid dienone is 2. The zero-order valence-electron chi connectivity index (χ0n) is 14.0. The van der Waals surface area contributed by atoms with Crippen LogP contribution < -0.4 is 0 Å². The predicted octanol–water partition coefficient (Wildman–Crippen LogP) is 6.73. The Kier molecular flexibility index (Phi) is 7.04. The lowest BCUT2D eigenvalue weighted by Crippen LogP contribution is -2.25. The molecule has 122 valence electrons. The highest BCUT2D eigenvalue weighted by molar-refractivity contribution is 6.70. The third-order valence-electron chi connectivity index (χ3n) is 2.92. The van der Waals surface area contributed by atoms with Crippen LogP contribution in [0.1, 0.15) is 32.4 Å². The van der Waals surface area contributed by atoms with Gasteiger partial charge in [-0.2, -0.15) is 0 Å². The quantitative estimate of drug-likeness (QED) is 0.318. The van der Waals surface area contributed by atoms with E-state index >= 15 is 0 Å². The minimum absolute atomic E-state index is 0.235. The maximum Gasteiger partial charge on any atom is 0.242 e. The molecule has 0 saturated heterocycles. The van der Waals surface area contributed by atoms with Crippen LogP contribution in [0.3, 0.4) is 0 Å². The highest BCUT2D eigenvalue weighted by Gasteiger charge is 2.19. The van der Waals surface area contributed by atoms with Gasteiger partial charge in [-0.25, -0.2) is 0 Å². The van der Waals surface area contributed by atoms with Crippen LogP contribution in [0.15, 0.2) is 41.9 Å². The molecule has 1 atom stereocenters. The van der Waals surface area contributed by atoms with Gasteiger partial charge in [0.15, 0.2) is 0 Å². The molecule has 0 amide bonds. The number of halogens is 2. The van der Waals surface area contributed by atoms with Crippen LogP contribution >= 0.6 is 23.2 Å². The number of ether oxygens (including phenoxy) is 1. The molecule has 0 spiro atoms. The van der Waals surface area contributed by atoms with Gasteiger partial charge in [0, 0.05) is 21.2 Å². The Morgan fingerprint density at radius 3 is 2.18 bits per heavy atom. The molecule has 0 radical (unpaired) electrons. The molecular weight excluding hydrogens is 335 g/mol. The zero-order chi connectivity index (χ0) is 16.9. The predicted molar refractivity (Wildman–Crippen MR) is 97.9 cm³/mol. The number of benzene rings is 1. The molecule has 0 N–H and O–H groups in total. The summed E-state index contributed by atoms with van der Waals surface area (Å²) in [5, 5.41) is 1.21. The Morgan fingerprint density at radius 2 is 1.73 bits per heavy atom. The van der Waals surface area contributed by atoms with Crippen molar-refractivity contribution in [1.29, 1.82) is 0 Å². The molecule has 1 rings (SSSR count). The fraction of sp³-hybridized carbons (Fsp3) is 0.412. The summed E-state index contributed by atoms with van der Waals surface area (Å²) in [7, 11) is -1.65. The van der Waals surface area contributed by atoms with Gasteiger partial charge >= 0.3 is 0 Å². The summed E-state index contributed by atoms with van der Waals surface area (Å²) < 4.78 is 11.8. The first kappa shape index (κ1) is 19.1. The molecule has 0 fully saturated rings. The van der Waals surface area contributed by atoms with E-state index in [2.05, 4.69) is 19.6 Å². The molecule has 0 heterocycles. The van der Waals surface area contributed by atoms with Crippen LogP contribution in [0.2, 0.25) is 29.7 Å². The lowest BCUT2D eigenvalue weighted by Gasteiger charge is -2.22. The summed E-state index contributed by atoms with van der Waals surface area (Å²) in [5.74, 6) is 0.858. The number of hydrogen-bond donors (Lipinski definition) is 0. The second-order valence-electron chi connectivity index (χ2n) is 6.08. The van der Waals surface area contributed by atoms with Crippen molar-refractivity contribution in [2.75, 3.05) is 0 Å². The van der Waals surface area contributed by atoms with Gasteiger partial charge < -0.3 is 9.16 Å². The van der Waals surface area contributed by atoms with Crippen LogP contribution in [0, 0.1) is 0 Å². The Hall–Kier alpha value is -0.903. The third-order valence-corrected chi connectivity index (χ3v) is 4.41. The van der Waals surface area contributed by atoms with Crippen LogP contribution in [-0.2, 0) is 9.16 Å². The minimum Gasteiger partial charge on any atom is -0.544 e. The monoisotopic (exact) mass is 358 g/mol. The summed E-state index contributed by atoms with van der Waals surface area (Å²) in [4.78, 5) is 0. The first-order valence-corrected chi connectivity index (χ1v) is 11.4. The Labute approximate surface area is 144 Å². The molecule has 0 aliphatic rings. The Balaban J connectivity index is 2.86. The third kappa shape index (κ3) is 5.71. The van der Waals surface area contributed by atoms with Gasteiger partial charge in [-0.15, -0.1) is 0 Å². The van der Waals surface area contributed by atoms with Gasteiger partial charge in [-0.3, -0.25) is 0 Å². The van der Waals surface area contributed by atoms with E-state index in [0.717, 1.165) is 16.9 Å². The molecule has 1 aromatic carbocycles. The highest BCUT2D eigenvalue weighted by Crippen LogP contribution is 2.32. The summed E-state index contributed by atoms with van der Waals surface area (Å²) >= 11 is 12.4. The van der Waals surface area contributed by atoms with Gasteiger partial charge in [0.1, 0.15) is 11.9 Å². The van der Waals surface area contributed by atoms with E-state index in [1.165, 1.54) is 0 Å². The van der Waals surface area contributed by atoms with E-state index in [1.54, 1.807) is 6.26 Å². The second-order valence-corrected chi connectivity index (χ2v) is 11.3. The molecular formula is C17H24Cl2O2Si. The van der Waals surface area contributed by atoms with Crippen molar-refractivity contribution in [1.82, 2.24) is 0 Å². The standard InChI is InChI=1S/C17H24Cl2O2Si/c1-7-16(21-22(4,5)6)12(2)11-20-13(3)17-14(18)9-8-10-15(17)19/h7-11,13H,1-6H3/b12-11+,16-7-. The van der Waals surface area contributed by atoms with E-state index in [4.69, 9.17) is 32.4 Å². The average molecular weight is 359 g/mol. The van der Waals surface area contributed by atoms with Crippen molar-refractivity contribution in [3.8, 4) is 0 Å². The summed E-state index contributed by atoms with van der Waals surface area (Å²) in [6, 6.07) is 5.44. The molecule has 0 aromatic heterocycles. The maximum absolute atomic E-state index is 6.20. The van der Waals surface area contributed by atoms with Crippen molar-refractivity contribution < 1.29 is 9.16 Å². The van der Waals surface area contributed by atoms with Crippen molar-refractivity contribution in [3.05, 3.63) is 57.5 Å². The lowest BCUT2D eigenvalue weighted by molar-refractivity contribution is 0.161. The van der Waals surface area contributed by atoms with Crippen molar-refractivity contribution in [2.24, 2.45) is 0 Å². The second kappa shape index (κ2) is 8.09. The normalized spacial score (nSPS) is 14.7. The molecule has 0 aliphatic carbocycles. The molecule has 1 aromatic rings. The minimum atomic E-state index is -1.65. The van der Waals surface area contributed by atoms with Crippen LogP contribution in [0.4, 0.5) is 0 Å². The first-order valence-electron chi connectivity index (χ1n) is 7.27. The average Bonchev–Trinajstić information content (AvgIpc) is 2.41. The van der Waals surface area contributed by atoms with Crippen LogP contribution in [0.25, 0.3) is 0 Å². The van der Waals surface area contributed by atoms with E-state index in [1.807, 2.05) is 45.0 Å². The SMILES string of the molecule is C/C=C(O[Si](C)(C)C)/C(C)=C/OC(C)c1c(Cl)cccc1Cl. The summed E-state index contributed by atoms with van der Waals surface area (Å²) in [6.45, 7) is 12.3. The van der Waals surface area contributed by atoms with Gasteiger partial charge in [0.2, 0.25) is 8.32 Å². The van der Waals surface area contributed by atoms with Crippen molar-refractivity contribution >= 4 is 31.5 Å². The van der Waals surface area contributed by atoms with Crippen LogP contribution in [-0.4, -0.2) is 8.32 Å². The lowest BCUT2D eigenvalue weighted by atomic mass is 10.1. The molecule has 0 bridgehead atoms. The maximum atomic E-state index is 6.20. The largest absolute Gasteiger partial charge is 0.544 e. The van der Waals surface area contributed by atoms with Gasteiger partial charge in [-0.05, 0) is 58.6 Å². The summed E-state index contributed by atoms with van der Waals surface area (Å²) in [5.41, 5.74) is 1.74. The molecule has 0 aliphatic heterocycles. The Morgan fingerprint density at radius 1 is 1.18 bits per heavy atom. The van der Waals surface area contributed by atoms with E-state index < -0.39 is 8.32 Å². The van der Waals surface area contributed by atoms with E-state index in [9.17, 15) is 0 Å². The van der Waals surface area contributed by atoms with Crippen LogP contribution in [0.5, 0.6) is 0 Å². The van der Waals surface area contributed by atoms with Gasteiger partial charge in [0.25, 0.3) is 0 Å². The summed E-state index contributed by atoms with van der Waals surface area (Å²) in [6.07, 6.45) is 3.43. The topological polar surface area (TPSA) is 18.5 Å². The molecule has 22 heavy (non-hydrogen) atoms. The molecule has 2 nitrogen and oxygen atoms in total. The van der Waals surface area contributed by atoms with Crippen molar-refractivity contribution in [2.45, 2.75) is 46.5 Å². The number of rotatable bonds is 6. The van der Waals surface area contributed by atoms with Gasteiger partial charge in [0.05, 0.1) is 6.26 Å². The molecule has 5 heteroatoms. The first-order chi connectivity index (χ1) is 10.2. The van der Waals surface area contributed by atoms with E-state index in [0.29, 0.717) is 10.0 Å². The number of hydrogen-bond acceptors (Lipinski definition) is 2.